The number of sulfonamides is 1. The molecular weight excluding hydrogens is 394 g/mol. The Bertz CT molecular complexity index is 959. The van der Waals surface area contributed by atoms with E-state index >= 15 is 0 Å². The van der Waals surface area contributed by atoms with E-state index in [4.69, 9.17) is 22.1 Å². The predicted molar refractivity (Wildman–Crippen MR) is 101 cm³/mol. The Labute approximate surface area is 161 Å². The number of anilines is 1. The van der Waals surface area contributed by atoms with Crippen LogP contribution in [0.3, 0.4) is 0 Å². The van der Waals surface area contributed by atoms with Gasteiger partial charge in [-0.05, 0) is 42.5 Å². The van der Waals surface area contributed by atoms with E-state index < -0.39 is 21.8 Å². The van der Waals surface area contributed by atoms with Gasteiger partial charge < -0.3 is 15.8 Å². The Kier molecular flexibility index (Phi) is 6.42. The number of amides is 2. The molecule has 2 aromatic rings. The van der Waals surface area contributed by atoms with Gasteiger partial charge in [-0.15, -0.1) is 0 Å². The number of halogens is 1. The summed E-state index contributed by atoms with van der Waals surface area (Å²) in [5.74, 6) is -1.09. The number of ether oxygens (including phenoxy) is 1. The van der Waals surface area contributed by atoms with Crippen molar-refractivity contribution in [2.45, 2.75) is 4.90 Å². The first kappa shape index (κ1) is 20.7. The van der Waals surface area contributed by atoms with Crippen molar-refractivity contribution in [1.29, 1.82) is 0 Å². The number of nitrogens with zero attached hydrogens (tertiary/aromatic N) is 1. The number of benzene rings is 2. The van der Waals surface area contributed by atoms with Crippen LogP contribution in [0, 0.1) is 0 Å². The number of rotatable bonds is 7. The number of carbonyl (C=O) groups excluding carboxylic acids is 2. The molecular formula is C17H18ClN3O5S. The van der Waals surface area contributed by atoms with Gasteiger partial charge in [0.15, 0.2) is 6.61 Å². The zero-order valence-electron chi connectivity index (χ0n) is 14.6. The second kappa shape index (κ2) is 8.38. The SMILES string of the molecule is CN(C)S(=O)(=O)c1ccc(NC(=O)COc2ccc(Cl)cc2C(N)=O)cc1. The minimum atomic E-state index is -3.54. The summed E-state index contributed by atoms with van der Waals surface area (Å²) in [6.45, 7) is -0.375. The number of hydrogen-bond donors (Lipinski definition) is 2. The summed E-state index contributed by atoms with van der Waals surface area (Å²) in [7, 11) is -0.683. The van der Waals surface area contributed by atoms with Gasteiger partial charge in [0.2, 0.25) is 10.0 Å². The van der Waals surface area contributed by atoms with Gasteiger partial charge in [0.1, 0.15) is 5.75 Å². The molecule has 0 saturated heterocycles. The molecule has 144 valence electrons. The van der Waals surface area contributed by atoms with Crippen molar-refractivity contribution < 1.29 is 22.7 Å². The minimum Gasteiger partial charge on any atom is -0.483 e. The molecule has 0 unspecified atom stereocenters. The first-order valence-electron chi connectivity index (χ1n) is 7.66. The van der Waals surface area contributed by atoms with Gasteiger partial charge in [-0.3, -0.25) is 9.59 Å². The Morgan fingerprint density at radius 1 is 1.15 bits per heavy atom. The van der Waals surface area contributed by atoms with Crippen molar-refractivity contribution in [3.05, 3.63) is 53.1 Å². The van der Waals surface area contributed by atoms with E-state index in [-0.39, 0.29) is 22.8 Å². The molecule has 0 heterocycles. The zero-order valence-corrected chi connectivity index (χ0v) is 16.2. The summed E-state index contributed by atoms with van der Waals surface area (Å²) in [6.07, 6.45) is 0. The summed E-state index contributed by atoms with van der Waals surface area (Å²) in [6, 6.07) is 9.99. The van der Waals surface area contributed by atoms with Crippen LogP contribution >= 0.6 is 11.6 Å². The van der Waals surface area contributed by atoms with E-state index in [1.54, 1.807) is 0 Å². The summed E-state index contributed by atoms with van der Waals surface area (Å²) in [4.78, 5) is 23.5. The fourth-order valence-corrected chi connectivity index (χ4v) is 3.16. The maximum atomic E-state index is 12.0. The quantitative estimate of drug-likeness (QED) is 0.718. The fourth-order valence-electron chi connectivity index (χ4n) is 2.08. The van der Waals surface area contributed by atoms with Crippen LogP contribution in [0.2, 0.25) is 5.02 Å². The van der Waals surface area contributed by atoms with E-state index in [2.05, 4.69) is 5.32 Å². The van der Waals surface area contributed by atoms with E-state index in [0.29, 0.717) is 10.7 Å². The van der Waals surface area contributed by atoms with Gasteiger partial charge in [0, 0.05) is 24.8 Å². The molecule has 0 aromatic heterocycles. The molecule has 0 spiro atoms. The standard InChI is InChI=1S/C17H18ClN3O5S/c1-21(2)27(24,25)13-6-4-12(5-7-13)20-16(22)10-26-15-8-3-11(18)9-14(15)17(19)23/h3-9H,10H2,1-2H3,(H2,19,23)(H,20,22). The highest BCUT2D eigenvalue weighted by Crippen LogP contribution is 2.22. The fraction of sp³-hybridized carbons (Fsp3) is 0.176. The highest BCUT2D eigenvalue weighted by atomic mass is 35.5. The lowest BCUT2D eigenvalue weighted by molar-refractivity contribution is -0.118. The van der Waals surface area contributed by atoms with Gasteiger partial charge in [0.25, 0.3) is 11.8 Å². The molecule has 8 nitrogen and oxygen atoms in total. The molecule has 10 heteroatoms. The lowest BCUT2D eigenvalue weighted by atomic mass is 10.2. The van der Waals surface area contributed by atoms with Crippen LogP contribution in [-0.2, 0) is 14.8 Å². The molecule has 0 aliphatic heterocycles. The highest BCUT2D eigenvalue weighted by molar-refractivity contribution is 7.89. The summed E-state index contributed by atoms with van der Waals surface area (Å²) >= 11 is 5.81. The lowest BCUT2D eigenvalue weighted by Crippen LogP contribution is -2.23. The van der Waals surface area contributed by atoms with Crippen molar-refractivity contribution in [2.24, 2.45) is 5.73 Å². The molecule has 0 aliphatic carbocycles. The van der Waals surface area contributed by atoms with Crippen LogP contribution in [0.25, 0.3) is 0 Å². The monoisotopic (exact) mass is 411 g/mol. The average molecular weight is 412 g/mol. The number of carbonyl (C=O) groups is 2. The molecule has 27 heavy (non-hydrogen) atoms. The minimum absolute atomic E-state index is 0.0635. The molecule has 2 amide bonds. The Morgan fingerprint density at radius 2 is 1.78 bits per heavy atom. The van der Waals surface area contributed by atoms with E-state index in [1.807, 2.05) is 0 Å². The summed E-state index contributed by atoms with van der Waals surface area (Å²) in [5.41, 5.74) is 5.71. The Morgan fingerprint density at radius 3 is 2.33 bits per heavy atom. The van der Waals surface area contributed by atoms with Crippen molar-refractivity contribution >= 4 is 39.1 Å². The van der Waals surface area contributed by atoms with Crippen LogP contribution in [0.5, 0.6) is 5.75 Å². The van der Waals surface area contributed by atoms with Gasteiger partial charge in [0.05, 0.1) is 10.5 Å². The third kappa shape index (κ3) is 5.19. The van der Waals surface area contributed by atoms with Crippen molar-refractivity contribution in [3.63, 3.8) is 0 Å². The molecule has 0 bridgehead atoms. The molecule has 0 radical (unpaired) electrons. The molecule has 0 saturated carbocycles. The third-order valence-corrected chi connectivity index (χ3v) is 5.55. The van der Waals surface area contributed by atoms with Crippen LogP contribution < -0.4 is 15.8 Å². The molecule has 2 rings (SSSR count). The maximum Gasteiger partial charge on any atom is 0.262 e. The lowest BCUT2D eigenvalue weighted by Gasteiger charge is -2.12. The predicted octanol–water partition coefficient (Wildman–Crippen LogP) is 1.71. The van der Waals surface area contributed by atoms with Crippen molar-refractivity contribution in [3.8, 4) is 5.75 Å². The second-order valence-electron chi connectivity index (χ2n) is 5.65. The number of nitrogens with two attached hydrogens (primary N) is 1. The van der Waals surface area contributed by atoms with Crippen LogP contribution in [-0.4, -0.2) is 45.2 Å². The van der Waals surface area contributed by atoms with Gasteiger partial charge in [-0.1, -0.05) is 11.6 Å². The molecule has 3 N–H and O–H groups in total. The summed E-state index contributed by atoms with van der Waals surface area (Å²) in [5, 5.41) is 2.88. The van der Waals surface area contributed by atoms with Gasteiger partial charge in [-0.25, -0.2) is 12.7 Å². The van der Waals surface area contributed by atoms with E-state index in [9.17, 15) is 18.0 Å². The third-order valence-electron chi connectivity index (χ3n) is 3.48. The second-order valence-corrected chi connectivity index (χ2v) is 8.24. The first-order chi connectivity index (χ1) is 12.6. The molecule has 0 atom stereocenters. The largest absolute Gasteiger partial charge is 0.483 e. The van der Waals surface area contributed by atoms with E-state index in [1.165, 1.54) is 56.6 Å². The van der Waals surface area contributed by atoms with Crippen molar-refractivity contribution in [1.82, 2.24) is 4.31 Å². The molecule has 0 aliphatic rings. The smallest absolute Gasteiger partial charge is 0.262 e. The normalized spacial score (nSPS) is 11.3. The first-order valence-corrected chi connectivity index (χ1v) is 9.47. The van der Waals surface area contributed by atoms with Gasteiger partial charge in [-0.2, -0.15) is 0 Å². The maximum absolute atomic E-state index is 12.0. The zero-order chi connectivity index (χ0) is 20.2. The Hall–Kier alpha value is -2.62. The van der Waals surface area contributed by atoms with Crippen LogP contribution in [0.15, 0.2) is 47.4 Å². The highest BCUT2D eigenvalue weighted by Gasteiger charge is 2.17. The molecule has 0 fully saturated rings. The number of nitrogens with one attached hydrogen (secondary N) is 1. The van der Waals surface area contributed by atoms with Crippen LogP contribution in [0.4, 0.5) is 5.69 Å². The summed E-state index contributed by atoms with van der Waals surface area (Å²) < 4.78 is 30.4. The van der Waals surface area contributed by atoms with Gasteiger partial charge >= 0.3 is 0 Å². The number of primary amides is 1. The number of hydrogen-bond acceptors (Lipinski definition) is 5. The topological polar surface area (TPSA) is 119 Å². The Balaban J connectivity index is 2.02. The average Bonchev–Trinajstić information content (AvgIpc) is 2.60. The van der Waals surface area contributed by atoms with E-state index in [0.717, 1.165) is 4.31 Å². The van der Waals surface area contributed by atoms with Crippen molar-refractivity contribution in [2.75, 3.05) is 26.0 Å². The van der Waals surface area contributed by atoms with Crippen LogP contribution in [0.1, 0.15) is 10.4 Å². The molecule has 2 aromatic carbocycles.